The Hall–Kier alpha value is -2.91. The van der Waals surface area contributed by atoms with Gasteiger partial charge >= 0.3 is 0 Å². The maximum atomic E-state index is 13.2. The number of nitrogens with one attached hydrogen (secondary N) is 1. The summed E-state index contributed by atoms with van der Waals surface area (Å²) < 4.78 is 15.9. The van der Waals surface area contributed by atoms with E-state index < -0.39 is 0 Å². The normalized spacial score (nSPS) is 13.5. The maximum absolute atomic E-state index is 13.2. The zero-order valence-corrected chi connectivity index (χ0v) is 16.7. The number of hydrogen-bond acceptors (Lipinski definition) is 6. The largest absolute Gasteiger partial charge is 0.314 e. The van der Waals surface area contributed by atoms with Gasteiger partial charge in [-0.25, -0.2) is 9.37 Å². The van der Waals surface area contributed by atoms with Gasteiger partial charge in [-0.1, -0.05) is 12.1 Å². The molecule has 0 fully saturated rings. The van der Waals surface area contributed by atoms with E-state index in [2.05, 4.69) is 29.6 Å². The molecule has 0 atom stereocenters. The zero-order chi connectivity index (χ0) is 20.0. The summed E-state index contributed by atoms with van der Waals surface area (Å²) in [5.74, 6) is 2.31. The molecule has 1 aliphatic heterocycles. The molecule has 29 heavy (non-hydrogen) atoms. The van der Waals surface area contributed by atoms with Gasteiger partial charge in [-0.05, 0) is 37.2 Å². The summed E-state index contributed by atoms with van der Waals surface area (Å²) >= 11 is 1.36. The molecule has 1 aliphatic rings. The second-order valence-electron chi connectivity index (χ2n) is 7.30. The Labute approximate surface area is 169 Å². The van der Waals surface area contributed by atoms with Crippen LogP contribution in [0.2, 0.25) is 0 Å². The average molecular weight is 410 g/mol. The molecule has 0 bridgehead atoms. The summed E-state index contributed by atoms with van der Waals surface area (Å²) in [5.41, 5.74) is 1.37. The van der Waals surface area contributed by atoms with Gasteiger partial charge < -0.3 is 9.55 Å². The Bertz CT molecular complexity index is 1240. The number of benzene rings is 1. The topological polar surface area (TPSA) is 79.7 Å². The van der Waals surface area contributed by atoms with Crippen LogP contribution in [0.3, 0.4) is 0 Å². The smallest absolute Gasteiger partial charge is 0.268 e. The molecule has 4 aromatic rings. The van der Waals surface area contributed by atoms with E-state index in [1.54, 1.807) is 12.1 Å². The highest BCUT2D eigenvalue weighted by Gasteiger charge is 2.19. The molecule has 0 spiro atoms. The van der Waals surface area contributed by atoms with E-state index in [0.717, 1.165) is 41.5 Å². The molecular formula is C20H19FN6OS. The van der Waals surface area contributed by atoms with Crippen LogP contribution in [-0.2, 0) is 26.1 Å². The van der Waals surface area contributed by atoms with Gasteiger partial charge in [-0.2, -0.15) is 0 Å². The van der Waals surface area contributed by atoms with Gasteiger partial charge in [0.05, 0.1) is 18.6 Å². The highest BCUT2D eigenvalue weighted by Crippen LogP contribution is 2.31. The summed E-state index contributed by atoms with van der Waals surface area (Å²) in [5, 5.41) is 8.52. The number of aryl methyl sites for hydroxylation is 1. The molecule has 4 heterocycles. The minimum atomic E-state index is -0.283. The SMILES string of the molecule is CN(Cc1nc2cc(-c3ccc(F)cc3)sc2c(=O)[nH]1)Cc1nnc2n1CCC2. The Morgan fingerprint density at radius 1 is 1.24 bits per heavy atom. The second kappa shape index (κ2) is 7.16. The molecule has 5 rings (SSSR count). The summed E-state index contributed by atoms with van der Waals surface area (Å²) in [6, 6.07) is 8.13. The molecule has 1 aromatic carbocycles. The van der Waals surface area contributed by atoms with Crippen molar-refractivity contribution in [2.75, 3.05) is 7.05 Å². The van der Waals surface area contributed by atoms with E-state index >= 15 is 0 Å². The molecule has 1 N–H and O–H groups in total. The van der Waals surface area contributed by atoms with E-state index in [1.165, 1.54) is 23.5 Å². The first-order chi connectivity index (χ1) is 14.1. The van der Waals surface area contributed by atoms with Crippen LogP contribution >= 0.6 is 11.3 Å². The van der Waals surface area contributed by atoms with Crippen LogP contribution in [0.4, 0.5) is 4.39 Å². The van der Waals surface area contributed by atoms with E-state index in [-0.39, 0.29) is 11.4 Å². The fourth-order valence-corrected chi connectivity index (χ4v) is 4.70. The van der Waals surface area contributed by atoms with Gasteiger partial charge in [-0.15, -0.1) is 21.5 Å². The van der Waals surface area contributed by atoms with Crippen molar-refractivity contribution in [3.63, 3.8) is 0 Å². The van der Waals surface area contributed by atoms with Crippen molar-refractivity contribution in [3.05, 3.63) is 64.0 Å². The van der Waals surface area contributed by atoms with Crippen molar-refractivity contribution in [3.8, 4) is 10.4 Å². The van der Waals surface area contributed by atoms with Crippen LogP contribution < -0.4 is 5.56 Å². The number of thiophene rings is 1. The first kappa shape index (κ1) is 18.1. The van der Waals surface area contributed by atoms with Gasteiger partial charge in [-0.3, -0.25) is 9.69 Å². The second-order valence-corrected chi connectivity index (χ2v) is 8.36. The number of aromatic nitrogens is 5. The lowest BCUT2D eigenvalue weighted by molar-refractivity contribution is 0.297. The third kappa shape index (κ3) is 3.47. The van der Waals surface area contributed by atoms with Crippen LogP contribution in [0.1, 0.15) is 23.9 Å². The van der Waals surface area contributed by atoms with Crippen molar-refractivity contribution in [2.45, 2.75) is 32.5 Å². The summed E-state index contributed by atoms with van der Waals surface area (Å²) in [6.07, 6.45) is 2.10. The monoisotopic (exact) mass is 410 g/mol. The number of halogens is 1. The zero-order valence-electron chi connectivity index (χ0n) is 15.9. The summed E-state index contributed by atoms with van der Waals surface area (Å²) in [4.78, 5) is 23.0. The van der Waals surface area contributed by atoms with Gasteiger partial charge in [0, 0.05) is 17.8 Å². The molecular weight excluding hydrogens is 391 g/mol. The molecule has 9 heteroatoms. The third-order valence-corrected chi connectivity index (χ3v) is 6.25. The van der Waals surface area contributed by atoms with Crippen LogP contribution in [0.5, 0.6) is 0 Å². The van der Waals surface area contributed by atoms with Gasteiger partial charge in [0.25, 0.3) is 5.56 Å². The molecule has 0 saturated carbocycles. The Morgan fingerprint density at radius 3 is 2.90 bits per heavy atom. The minimum absolute atomic E-state index is 0.153. The Morgan fingerprint density at radius 2 is 2.07 bits per heavy atom. The lowest BCUT2D eigenvalue weighted by Gasteiger charge is -2.15. The fourth-order valence-electron chi connectivity index (χ4n) is 3.70. The van der Waals surface area contributed by atoms with Crippen molar-refractivity contribution in [1.82, 2.24) is 29.6 Å². The van der Waals surface area contributed by atoms with Gasteiger partial charge in [0.1, 0.15) is 28.0 Å². The fraction of sp³-hybridized carbons (Fsp3) is 0.300. The van der Waals surface area contributed by atoms with Crippen LogP contribution in [-0.4, -0.2) is 36.7 Å². The standard InChI is InChI=1S/C20H19FN6OS/c1-26(11-18-25-24-17-3-2-8-27(17)18)10-16-22-14-9-15(29-19(14)20(28)23-16)12-4-6-13(21)7-5-12/h4-7,9H,2-3,8,10-11H2,1H3,(H,22,23,28). The number of rotatable bonds is 5. The Balaban J connectivity index is 1.38. The van der Waals surface area contributed by atoms with Crippen LogP contribution in [0.25, 0.3) is 20.7 Å². The molecule has 0 radical (unpaired) electrons. The lowest BCUT2D eigenvalue weighted by atomic mass is 10.2. The van der Waals surface area contributed by atoms with Crippen molar-refractivity contribution < 1.29 is 4.39 Å². The van der Waals surface area contributed by atoms with E-state index in [0.29, 0.717) is 29.1 Å². The predicted molar refractivity (Wildman–Crippen MR) is 109 cm³/mol. The number of aromatic amines is 1. The summed E-state index contributed by atoms with van der Waals surface area (Å²) in [7, 11) is 1.97. The molecule has 0 unspecified atom stereocenters. The highest BCUT2D eigenvalue weighted by atomic mass is 32.1. The van der Waals surface area contributed by atoms with Crippen molar-refractivity contribution in [2.24, 2.45) is 0 Å². The molecule has 3 aromatic heterocycles. The average Bonchev–Trinajstić information content (AvgIpc) is 3.39. The maximum Gasteiger partial charge on any atom is 0.268 e. The van der Waals surface area contributed by atoms with Crippen LogP contribution in [0, 0.1) is 5.82 Å². The van der Waals surface area contributed by atoms with E-state index in [4.69, 9.17) is 0 Å². The minimum Gasteiger partial charge on any atom is -0.314 e. The van der Waals surface area contributed by atoms with E-state index in [9.17, 15) is 9.18 Å². The molecule has 148 valence electrons. The highest BCUT2D eigenvalue weighted by molar-refractivity contribution is 7.22. The number of hydrogen-bond donors (Lipinski definition) is 1. The predicted octanol–water partition coefficient (Wildman–Crippen LogP) is 2.96. The van der Waals surface area contributed by atoms with Gasteiger partial charge in [0.2, 0.25) is 0 Å². The summed E-state index contributed by atoms with van der Waals surface area (Å²) in [6.45, 7) is 2.10. The quantitative estimate of drug-likeness (QED) is 0.547. The lowest BCUT2D eigenvalue weighted by Crippen LogP contribution is -2.23. The third-order valence-electron chi connectivity index (χ3n) is 5.08. The Kier molecular flexibility index (Phi) is 4.48. The molecule has 0 aliphatic carbocycles. The van der Waals surface area contributed by atoms with Crippen molar-refractivity contribution >= 4 is 21.6 Å². The molecule has 0 saturated heterocycles. The molecule has 0 amide bonds. The van der Waals surface area contributed by atoms with Crippen LogP contribution in [0.15, 0.2) is 35.1 Å². The number of H-pyrrole nitrogens is 1. The first-order valence-corrected chi connectivity index (χ1v) is 10.3. The first-order valence-electron chi connectivity index (χ1n) is 9.45. The van der Waals surface area contributed by atoms with E-state index in [1.807, 2.05) is 13.1 Å². The molecule has 7 nitrogen and oxygen atoms in total. The van der Waals surface area contributed by atoms with Crippen molar-refractivity contribution in [1.29, 1.82) is 0 Å². The number of fused-ring (bicyclic) bond motifs is 2. The van der Waals surface area contributed by atoms with Gasteiger partial charge in [0.15, 0.2) is 0 Å². The number of nitrogens with zero attached hydrogens (tertiary/aromatic N) is 5.